The molecule has 2 rings (SSSR count). The zero-order valence-corrected chi connectivity index (χ0v) is 11.4. The van der Waals surface area contributed by atoms with Gasteiger partial charge in [-0.2, -0.15) is 0 Å². The summed E-state index contributed by atoms with van der Waals surface area (Å²) in [6, 6.07) is 12.8. The zero-order valence-electron chi connectivity index (χ0n) is 8.15. The summed E-state index contributed by atoms with van der Waals surface area (Å²) in [4.78, 5) is 2.81. The molecule has 0 amide bonds. The van der Waals surface area contributed by atoms with E-state index in [-0.39, 0.29) is 0 Å². The van der Waals surface area contributed by atoms with Crippen LogP contribution in [0.2, 0.25) is 0 Å². The van der Waals surface area contributed by atoms with E-state index < -0.39 is 0 Å². The highest BCUT2D eigenvalue weighted by atomic mass is 79.9. The number of benzene rings is 1. The van der Waals surface area contributed by atoms with E-state index in [1.807, 2.05) is 23.1 Å². The van der Waals surface area contributed by atoms with Gasteiger partial charge in [0.1, 0.15) is 0 Å². The van der Waals surface area contributed by atoms with E-state index in [9.17, 15) is 0 Å². The highest BCUT2D eigenvalue weighted by Crippen LogP contribution is 2.28. The SMILES string of the molecule is BrCc1ccccc1SCc1cccs1. The lowest BCUT2D eigenvalue weighted by Gasteiger charge is -2.05. The molecule has 0 bridgehead atoms. The average Bonchev–Trinajstić information content (AvgIpc) is 2.79. The van der Waals surface area contributed by atoms with E-state index >= 15 is 0 Å². The zero-order chi connectivity index (χ0) is 10.5. The molecule has 0 N–H and O–H groups in total. The van der Waals surface area contributed by atoms with Crippen molar-refractivity contribution in [3.8, 4) is 0 Å². The Morgan fingerprint density at radius 2 is 2.00 bits per heavy atom. The number of halogens is 1. The third kappa shape index (κ3) is 3.10. The van der Waals surface area contributed by atoms with E-state index in [1.165, 1.54) is 15.3 Å². The third-order valence-electron chi connectivity index (χ3n) is 2.07. The molecule has 0 fully saturated rings. The molecule has 15 heavy (non-hydrogen) atoms. The summed E-state index contributed by atoms with van der Waals surface area (Å²) in [5, 5.41) is 3.06. The fraction of sp³-hybridized carbons (Fsp3) is 0.167. The molecule has 0 spiro atoms. The van der Waals surface area contributed by atoms with Crippen LogP contribution in [-0.2, 0) is 11.1 Å². The van der Waals surface area contributed by atoms with Crippen molar-refractivity contribution in [1.82, 2.24) is 0 Å². The van der Waals surface area contributed by atoms with Crippen molar-refractivity contribution >= 4 is 39.0 Å². The lowest BCUT2D eigenvalue weighted by Crippen LogP contribution is -1.82. The molecule has 78 valence electrons. The van der Waals surface area contributed by atoms with Crippen molar-refractivity contribution in [2.75, 3.05) is 0 Å². The molecule has 0 aliphatic rings. The average molecular weight is 299 g/mol. The Kier molecular flexibility index (Phi) is 4.29. The van der Waals surface area contributed by atoms with E-state index in [0.29, 0.717) is 0 Å². The molecular weight excluding hydrogens is 288 g/mol. The number of alkyl halides is 1. The van der Waals surface area contributed by atoms with Crippen molar-refractivity contribution in [1.29, 1.82) is 0 Å². The first-order valence-corrected chi connectivity index (χ1v) is 7.68. The van der Waals surface area contributed by atoms with Gasteiger partial charge in [0.25, 0.3) is 0 Å². The maximum atomic E-state index is 3.52. The van der Waals surface area contributed by atoms with Crippen molar-refractivity contribution in [3.63, 3.8) is 0 Å². The maximum absolute atomic E-state index is 3.52. The minimum atomic E-state index is 0.931. The second-order valence-electron chi connectivity index (χ2n) is 3.11. The summed E-state index contributed by atoms with van der Waals surface area (Å²) < 4.78 is 0. The maximum Gasteiger partial charge on any atom is 0.0326 e. The van der Waals surface area contributed by atoms with Gasteiger partial charge >= 0.3 is 0 Å². The second kappa shape index (κ2) is 5.73. The Bertz CT molecular complexity index is 409. The van der Waals surface area contributed by atoms with E-state index in [4.69, 9.17) is 0 Å². The van der Waals surface area contributed by atoms with Gasteiger partial charge in [-0.15, -0.1) is 23.1 Å². The summed E-state index contributed by atoms with van der Waals surface area (Å²) in [7, 11) is 0. The molecule has 1 aromatic heterocycles. The highest BCUT2D eigenvalue weighted by Gasteiger charge is 2.01. The van der Waals surface area contributed by atoms with Crippen LogP contribution in [0.25, 0.3) is 0 Å². The first-order chi connectivity index (χ1) is 7.40. The van der Waals surface area contributed by atoms with Gasteiger partial charge in [-0.1, -0.05) is 40.2 Å². The summed E-state index contributed by atoms with van der Waals surface area (Å²) in [5.74, 6) is 1.07. The smallest absolute Gasteiger partial charge is 0.0326 e. The molecule has 1 aromatic carbocycles. The monoisotopic (exact) mass is 298 g/mol. The minimum Gasteiger partial charge on any atom is -0.148 e. The van der Waals surface area contributed by atoms with Crippen LogP contribution in [0.5, 0.6) is 0 Å². The van der Waals surface area contributed by atoms with Gasteiger partial charge in [0.2, 0.25) is 0 Å². The molecule has 0 saturated carbocycles. The predicted octanol–water partition coefficient (Wildman–Crippen LogP) is 4.94. The van der Waals surface area contributed by atoms with Crippen molar-refractivity contribution in [2.45, 2.75) is 16.0 Å². The summed E-state index contributed by atoms with van der Waals surface area (Å²) in [6.07, 6.45) is 0. The van der Waals surface area contributed by atoms with E-state index in [0.717, 1.165) is 11.1 Å². The largest absolute Gasteiger partial charge is 0.148 e. The van der Waals surface area contributed by atoms with Crippen molar-refractivity contribution in [2.24, 2.45) is 0 Å². The number of thiophene rings is 1. The lowest BCUT2D eigenvalue weighted by atomic mass is 10.2. The fourth-order valence-corrected chi connectivity index (χ4v) is 3.81. The Hall–Kier alpha value is -0.250. The molecule has 0 unspecified atom stereocenters. The molecule has 2 aromatic rings. The van der Waals surface area contributed by atoms with Crippen LogP contribution in [0, 0.1) is 0 Å². The Morgan fingerprint density at radius 3 is 2.73 bits per heavy atom. The fourth-order valence-electron chi connectivity index (χ4n) is 1.30. The molecule has 0 saturated heterocycles. The molecule has 3 heteroatoms. The number of hydrogen-bond donors (Lipinski definition) is 0. The van der Waals surface area contributed by atoms with Gasteiger partial charge in [0.05, 0.1) is 0 Å². The van der Waals surface area contributed by atoms with Gasteiger partial charge in [-0.3, -0.25) is 0 Å². The Morgan fingerprint density at radius 1 is 1.13 bits per heavy atom. The molecule has 0 radical (unpaired) electrons. The van der Waals surface area contributed by atoms with Gasteiger partial charge in [-0.25, -0.2) is 0 Å². The standard InChI is InChI=1S/C12H11BrS2/c13-8-10-4-1-2-6-12(10)15-9-11-5-3-7-14-11/h1-7H,8-9H2. The van der Waals surface area contributed by atoms with Crippen LogP contribution in [0.4, 0.5) is 0 Å². The molecule has 0 aliphatic heterocycles. The van der Waals surface area contributed by atoms with Crippen molar-refractivity contribution in [3.05, 3.63) is 52.2 Å². The summed E-state index contributed by atoms with van der Waals surface area (Å²) in [6.45, 7) is 0. The molecular formula is C12H11BrS2. The summed E-state index contributed by atoms with van der Waals surface area (Å²) >= 11 is 7.25. The van der Waals surface area contributed by atoms with Crippen LogP contribution in [0.3, 0.4) is 0 Å². The Labute approximate surface area is 107 Å². The normalized spacial score (nSPS) is 10.5. The van der Waals surface area contributed by atoms with Crippen molar-refractivity contribution < 1.29 is 0 Å². The van der Waals surface area contributed by atoms with Gasteiger partial charge in [0, 0.05) is 20.9 Å². The summed E-state index contributed by atoms with van der Waals surface area (Å²) in [5.41, 5.74) is 1.37. The van der Waals surface area contributed by atoms with E-state index in [2.05, 4.69) is 57.7 Å². The lowest BCUT2D eigenvalue weighted by molar-refractivity contribution is 1.28. The number of hydrogen-bond acceptors (Lipinski definition) is 2. The molecule has 1 heterocycles. The van der Waals surface area contributed by atoms with E-state index in [1.54, 1.807) is 0 Å². The topological polar surface area (TPSA) is 0 Å². The van der Waals surface area contributed by atoms with Gasteiger partial charge in [-0.05, 0) is 23.1 Å². The predicted molar refractivity (Wildman–Crippen MR) is 73.0 cm³/mol. The van der Waals surface area contributed by atoms with Crippen LogP contribution in [0.1, 0.15) is 10.4 Å². The van der Waals surface area contributed by atoms with Crippen LogP contribution in [0.15, 0.2) is 46.7 Å². The second-order valence-corrected chi connectivity index (χ2v) is 5.72. The van der Waals surface area contributed by atoms with Crippen LogP contribution >= 0.6 is 39.0 Å². The molecule has 0 atom stereocenters. The molecule has 0 aliphatic carbocycles. The first kappa shape index (κ1) is 11.2. The van der Waals surface area contributed by atoms with Crippen LogP contribution < -0.4 is 0 Å². The third-order valence-corrected chi connectivity index (χ3v) is 4.89. The number of rotatable bonds is 4. The quantitative estimate of drug-likeness (QED) is 0.569. The van der Waals surface area contributed by atoms with Gasteiger partial charge in [0.15, 0.2) is 0 Å². The van der Waals surface area contributed by atoms with Gasteiger partial charge < -0.3 is 0 Å². The Balaban J connectivity index is 2.04. The van der Waals surface area contributed by atoms with Crippen LogP contribution in [-0.4, -0.2) is 0 Å². The first-order valence-electron chi connectivity index (χ1n) is 4.69. The molecule has 0 nitrogen and oxygen atoms in total. The number of thioether (sulfide) groups is 1. The highest BCUT2D eigenvalue weighted by molar-refractivity contribution is 9.08. The minimum absolute atomic E-state index is 0.931.